The molecule has 0 amide bonds. The Balaban J connectivity index is 2.33. The van der Waals surface area contributed by atoms with Crippen LogP contribution in [0.25, 0.3) is 22.2 Å². The highest BCUT2D eigenvalue weighted by molar-refractivity contribution is 7.00. The van der Waals surface area contributed by atoms with Gasteiger partial charge < -0.3 is 0 Å². The summed E-state index contributed by atoms with van der Waals surface area (Å²) in [4.78, 5) is 0. The minimum atomic E-state index is 1.01. The highest BCUT2D eigenvalue weighted by Gasteiger charge is 2.08. The summed E-state index contributed by atoms with van der Waals surface area (Å²) in [6.07, 6.45) is 0. The Hall–Kier alpha value is -1.74. The Kier molecular flexibility index (Phi) is 2.18. The van der Waals surface area contributed by atoms with Gasteiger partial charge in [-0.15, -0.1) is 0 Å². The molecule has 78 valence electrons. The van der Waals surface area contributed by atoms with E-state index < -0.39 is 0 Å². The van der Waals surface area contributed by atoms with E-state index in [1.807, 2.05) is 18.2 Å². The van der Waals surface area contributed by atoms with Crippen LogP contribution in [0.3, 0.4) is 0 Å². The van der Waals surface area contributed by atoms with Crippen molar-refractivity contribution in [2.24, 2.45) is 0 Å². The molecule has 0 atom stereocenters. The Morgan fingerprint density at radius 2 is 1.62 bits per heavy atom. The van der Waals surface area contributed by atoms with Crippen LogP contribution in [0.15, 0.2) is 42.5 Å². The molecule has 1 heterocycles. The van der Waals surface area contributed by atoms with Gasteiger partial charge in [0.25, 0.3) is 0 Å². The Morgan fingerprint density at radius 3 is 2.44 bits per heavy atom. The summed E-state index contributed by atoms with van der Waals surface area (Å²) in [6, 6.07) is 14.5. The van der Waals surface area contributed by atoms with Crippen LogP contribution >= 0.6 is 11.7 Å². The quantitative estimate of drug-likeness (QED) is 0.632. The molecule has 3 rings (SSSR count). The van der Waals surface area contributed by atoms with Crippen LogP contribution in [0, 0.1) is 6.92 Å². The lowest BCUT2D eigenvalue weighted by Gasteiger charge is -2.03. The molecule has 3 aromatic rings. The fourth-order valence-corrected chi connectivity index (χ4v) is 2.46. The predicted octanol–water partition coefficient (Wildman–Crippen LogP) is 3.67. The second-order valence-electron chi connectivity index (χ2n) is 3.76. The normalized spacial score (nSPS) is 10.8. The van der Waals surface area contributed by atoms with E-state index in [4.69, 9.17) is 0 Å². The van der Waals surface area contributed by atoms with E-state index in [1.165, 1.54) is 22.9 Å². The van der Waals surface area contributed by atoms with Gasteiger partial charge in [0.15, 0.2) is 0 Å². The third kappa shape index (κ3) is 1.41. The summed E-state index contributed by atoms with van der Waals surface area (Å²) in [5.74, 6) is 0. The minimum Gasteiger partial charge on any atom is -0.173 e. The van der Waals surface area contributed by atoms with Gasteiger partial charge in [0.1, 0.15) is 11.0 Å². The second-order valence-corrected chi connectivity index (χ2v) is 4.29. The summed E-state index contributed by atoms with van der Waals surface area (Å²) >= 11 is 1.28. The van der Waals surface area contributed by atoms with Crippen molar-refractivity contribution in [3.8, 4) is 11.1 Å². The van der Waals surface area contributed by atoms with Gasteiger partial charge >= 0.3 is 0 Å². The van der Waals surface area contributed by atoms with Crippen LogP contribution in [-0.2, 0) is 0 Å². The first-order valence-corrected chi connectivity index (χ1v) is 5.86. The lowest BCUT2D eigenvalue weighted by molar-refractivity contribution is 1.48. The Bertz CT molecular complexity index is 629. The first-order chi connectivity index (χ1) is 7.86. The van der Waals surface area contributed by atoms with Crippen LogP contribution in [-0.4, -0.2) is 8.75 Å². The predicted molar refractivity (Wildman–Crippen MR) is 67.6 cm³/mol. The van der Waals surface area contributed by atoms with Crippen molar-refractivity contribution in [1.82, 2.24) is 8.75 Å². The molecule has 1 aromatic heterocycles. The molecule has 16 heavy (non-hydrogen) atoms. The average molecular weight is 226 g/mol. The average Bonchev–Trinajstić information content (AvgIpc) is 2.81. The maximum absolute atomic E-state index is 4.39. The molecule has 0 radical (unpaired) electrons. The van der Waals surface area contributed by atoms with Gasteiger partial charge in [-0.2, -0.15) is 8.75 Å². The minimum absolute atomic E-state index is 1.01. The molecule has 0 fully saturated rings. The highest BCUT2D eigenvalue weighted by Crippen LogP contribution is 2.28. The van der Waals surface area contributed by atoms with E-state index in [2.05, 4.69) is 39.9 Å². The summed E-state index contributed by atoms with van der Waals surface area (Å²) in [7, 11) is 0. The molecule has 0 aliphatic rings. The number of aromatic nitrogens is 2. The van der Waals surface area contributed by atoms with E-state index in [1.54, 1.807) is 0 Å². The first-order valence-electron chi connectivity index (χ1n) is 5.13. The molecule has 0 saturated heterocycles. The van der Waals surface area contributed by atoms with Gasteiger partial charge in [0, 0.05) is 5.56 Å². The van der Waals surface area contributed by atoms with E-state index in [9.17, 15) is 0 Å². The zero-order valence-corrected chi connectivity index (χ0v) is 9.66. The smallest absolute Gasteiger partial charge is 0.112 e. The Labute approximate surface area is 97.9 Å². The number of aryl methyl sites for hydroxylation is 1. The van der Waals surface area contributed by atoms with Crippen molar-refractivity contribution in [3.05, 3.63) is 48.0 Å². The molecule has 0 aliphatic carbocycles. The van der Waals surface area contributed by atoms with Gasteiger partial charge in [-0.25, -0.2) is 0 Å². The van der Waals surface area contributed by atoms with E-state index in [0.717, 1.165) is 16.6 Å². The first kappa shape index (κ1) is 9.48. The van der Waals surface area contributed by atoms with Crippen LogP contribution in [0.2, 0.25) is 0 Å². The summed E-state index contributed by atoms with van der Waals surface area (Å²) in [6.45, 7) is 2.07. The number of nitrogens with zero attached hydrogens (tertiary/aromatic N) is 2. The number of fused-ring (bicyclic) bond motifs is 1. The molecule has 2 nitrogen and oxygen atoms in total. The van der Waals surface area contributed by atoms with E-state index >= 15 is 0 Å². The number of benzene rings is 2. The lowest BCUT2D eigenvalue weighted by Crippen LogP contribution is -1.83. The van der Waals surface area contributed by atoms with Crippen molar-refractivity contribution >= 4 is 22.8 Å². The third-order valence-corrected chi connectivity index (χ3v) is 3.23. The van der Waals surface area contributed by atoms with Gasteiger partial charge in [0.2, 0.25) is 0 Å². The molecule has 0 aliphatic heterocycles. The molecule has 0 unspecified atom stereocenters. The van der Waals surface area contributed by atoms with Crippen LogP contribution in [0.4, 0.5) is 0 Å². The topological polar surface area (TPSA) is 25.8 Å². The third-order valence-electron chi connectivity index (χ3n) is 2.70. The molecule has 3 heteroatoms. The molecule has 0 N–H and O–H groups in total. The van der Waals surface area contributed by atoms with Gasteiger partial charge in [-0.1, -0.05) is 42.5 Å². The van der Waals surface area contributed by atoms with Crippen LogP contribution in [0.1, 0.15) is 5.56 Å². The summed E-state index contributed by atoms with van der Waals surface area (Å²) in [5.41, 5.74) is 5.57. The molecule has 0 bridgehead atoms. The van der Waals surface area contributed by atoms with Crippen molar-refractivity contribution in [2.45, 2.75) is 6.92 Å². The summed E-state index contributed by atoms with van der Waals surface area (Å²) in [5, 5.41) is 0. The zero-order chi connectivity index (χ0) is 11.0. The lowest BCUT2D eigenvalue weighted by atomic mass is 10.0. The fourth-order valence-electron chi connectivity index (χ4n) is 1.84. The van der Waals surface area contributed by atoms with Crippen molar-refractivity contribution in [1.29, 1.82) is 0 Å². The molecule has 0 spiro atoms. The maximum Gasteiger partial charge on any atom is 0.112 e. The largest absolute Gasteiger partial charge is 0.173 e. The van der Waals surface area contributed by atoms with Gasteiger partial charge in [-0.3, -0.25) is 0 Å². The van der Waals surface area contributed by atoms with Crippen LogP contribution in [0.5, 0.6) is 0 Å². The summed E-state index contributed by atoms with van der Waals surface area (Å²) < 4.78 is 8.72. The number of rotatable bonds is 1. The second kappa shape index (κ2) is 3.68. The fraction of sp³-hybridized carbons (Fsp3) is 0.0769. The number of hydrogen-bond donors (Lipinski definition) is 0. The van der Waals surface area contributed by atoms with E-state index in [-0.39, 0.29) is 0 Å². The Morgan fingerprint density at radius 1 is 0.875 bits per heavy atom. The highest BCUT2D eigenvalue weighted by atomic mass is 32.1. The van der Waals surface area contributed by atoms with Crippen molar-refractivity contribution in [2.75, 3.05) is 0 Å². The molecular formula is C13H10N2S. The molecule has 2 aromatic carbocycles. The van der Waals surface area contributed by atoms with Crippen LogP contribution < -0.4 is 0 Å². The van der Waals surface area contributed by atoms with Gasteiger partial charge in [0.05, 0.1) is 11.7 Å². The number of hydrogen-bond acceptors (Lipinski definition) is 3. The standard InChI is InChI=1S/C13H10N2S/c1-9-7-8-11(10-5-3-2-4-6-10)13-12(9)14-16-15-13/h2-8H,1H3. The SMILES string of the molecule is Cc1ccc(-c2ccccc2)c2nsnc12. The maximum atomic E-state index is 4.39. The van der Waals surface area contributed by atoms with Crippen molar-refractivity contribution < 1.29 is 0 Å². The zero-order valence-electron chi connectivity index (χ0n) is 8.84. The monoisotopic (exact) mass is 226 g/mol. The van der Waals surface area contributed by atoms with E-state index in [0.29, 0.717) is 0 Å². The van der Waals surface area contributed by atoms with Gasteiger partial charge in [-0.05, 0) is 18.1 Å². The van der Waals surface area contributed by atoms with Crippen molar-refractivity contribution in [3.63, 3.8) is 0 Å². The molecule has 0 saturated carbocycles. The molecular weight excluding hydrogens is 216 g/mol.